The molecule has 0 saturated carbocycles. The Bertz CT molecular complexity index is 679. The number of ether oxygens (including phenoxy) is 3. The quantitative estimate of drug-likeness (QED) is 0.928. The maximum Gasteiger partial charge on any atom is 0.231 e. The first-order chi connectivity index (χ1) is 10.8. The first-order valence-electron chi connectivity index (χ1n) is 7.37. The van der Waals surface area contributed by atoms with Gasteiger partial charge in [-0.1, -0.05) is 5.16 Å². The van der Waals surface area contributed by atoms with Gasteiger partial charge in [-0.05, 0) is 38.1 Å². The molecule has 1 saturated heterocycles. The summed E-state index contributed by atoms with van der Waals surface area (Å²) < 4.78 is 21.6. The average molecular weight is 303 g/mol. The second kappa shape index (κ2) is 5.49. The number of hydrogen-bond acceptors (Lipinski definition) is 7. The van der Waals surface area contributed by atoms with Crippen LogP contribution in [0.5, 0.6) is 17.2 Å². The Kier molecular flexibility index (Phi) is 3.34. The average Bonchev–Trinajstić information content (AvgIpc) is 3.23. The molecule has 22 heavy (non-hydrogen) atoms. The Morgan fingerprint density at radius 1 is 1.23 bits per heavy atom. The summed E-state index contributed by atoms with van der Waals surface area (Å²) in [4.78, 5) is 4.55. The number of aromatic nitrogens is 2. The molecule has 0 unspecified atom stereocenters. The van der Waals surface area contributed by atoms with Crippen molar-refractivity contribution < 1.29 is 18.7 Å². The lowest BCUT2D eigenvalue weighted by Gasteiger charge is -2.18. The molecule has 3 heterocycles. The van der Waals surface area contributed by atoms with E-state index in [9.17, 15) is 0 Å². The van der Waals surface area contributed by atoms with Crippen molar-refractivity contribution >= 4 is 0 Å². The van der Waals surface area contributed by atoms with Crippen molar-refractivity contribution in [3.05, 3.63) is 18.0 Å². The lowest BCUT2D eigenvalue weighted by molar-refractivity contribution is 0.171. The predicted molar refractivity (Wildman–Crippen MR) is 77.3 cm³/mol. The molecule has 1 aromatic heterocycles. The van der Waals surface area contributed by atoms with Gasteiger partial charge in [-0.15, -0.1) is 0 Å². The molecule has 0 bridgehead atoms. The van der Waals surface area contributed by atoms with E-state index >= 15 is 0 Å². The normalized spacial score (nSPS) is 17.7. The van der Waals surface area contributed by atoms with Crippen molar-refractivity contribution in [2.75, 3.05) is 27.0 Å². The van der Waals surface area contributed by atoms with Crippen LogP contribution in [0.25, 0.3) is 11.4 Å². The van der Waals surface area contributed by atoms with E-state index in [1.807, 2.05) is 12.1 Å². The number of methoxy groups -OCH3 is 1. The molecule has 1 fully saturated rings. The molecule has 116 valence electrons. The van der Waals surface area contributed by atoms with E-state index in [1.165, 1.54) is 0 Å². The largest absolute Gasteiger partial charge is 0.493 e. The van der Waals surface area contributed by atoms with Crippen LogP contribution in [-0.2, 0) is 0 Å². The van der Waals surface area contributed by atoms with Crippen molar-refractivity contribution in [2.45, 2.75) is 18.8 Å². The van der Waals surface area contributed by atoms with Crippen LogP contribution in [0.1, 0.15) is 24.7 Å². The fourth-order valence-electron chi connectivity index (χ4n) is 2.85. The maximum atomic E-state index is 5.45. The summed E-state index contributed by atoms with van der Waals surface area (Å²) in [5.74, 6) is 3.45. The highest BCUT2D eigenvalue weighted by Crippen LogP contribution is 2.43. The summed E-state index contributed by atoms with van der Waals surface area (Å²) >= 11 is 0. The minimum Gasteiger partial charge on any atom is -0.493 e. The minimum absolute atomic E-state index is 0.196. The Morgan fingerprint density at radius 2 is 2.09 bits per heavy atom. The van der Waals surface area contributed by atoms with Crippen molar-refractivity contribution in [3.8, 4) is 28.6 Å². The monoisotopic (exact) mass is 303 g/mol. The third-order valence-electron chi connectivity index (χ3n) is 4.05. The third kappa shape index (κ3) is 2.27. The van der Waals surface area contributed by atoms with Gasteiger partial charge in [0.1, 0.15) is 0 Å². The number of nitrogens with one attached hydrogen (secondary N) is 1. The first kappa shape index (κ1) is 13.4. The van der Waals surface area contributed by atoms with Gasteiger partial charge in [0, 0.05) is 11.5 Å². The zero-order valence-corrected chi connectivity index (χ0v) is 12.3. The van der Waals surface area contributed by atoms with Gasteiger partial charge in [0.2, 0.25) is 24.3 Å². The third-order valence-corrected chi connectivity index (χ3v) is 4.05. The second-order valence-electron chi connectivity index (χ2n) is 5.39. The van der Waals surface area contributed by atoms with Crippen molar-refractivity contribution in [1.29, 1.82) is 0 Å². The molecule has 7 heteroatoms. The number of fused-ring (bicyclic) bond motifs is 1. The van der Waals surface area contributed by atoms with E-state index in [2.05, 4.69) is 15.5 Å². The molecule has 0 atom stereocenters. The summed E-state index contributed by atoms with van der Waals surface area (Å²) in [6, 6.07) is 3.69. The number of nitrogens with zero attached hydrogens (tertiary/aromatic N) is 2. The zero-order valence-electron chi connectivity index (χ0n) is 12.3. The van der Waals surface area contributed by atoms with E-state index in [0.717, 1.165) is 31.5 Å². The van der Waals surface area contributed by atoms with Gasteiger partial charge in [-0.3, -0.25) is 0 Å². The smallest absolute Gasteiger partial charge is 0.231 e. The van der Waals surface area contributed by atoms with Gasteiger partial charge in [0.05, 0.1) is 7.11 Å². The van der Waals surface area contributed by atoms with Crippen molar-refractivity contribution in [1.82, 2.24) is 15.5 Å². The number of piperidine rings is 1. The SMILES string of the molecule is COc1cc(-c2noc(C3CCNCC3)n2)cc2c1OCO2. The van der Waals surface area contributed by atoms with Gasteiger partial charge < -0.3 is 24.1 Å². The number of rotatable bonds is 3. The molecule has 1 aromatic carbocycles. The van der Waals surface area contributed by atoms with Crippen LogP contribution in [0.4, 0.5) is 0 Å². The van der Waals surface area contributed by atoms with Crippen LogP contribution < -0.4 is 19.5 Å². The molecule has 2 aliphatic rings. The topological polar surface area (TPSA) is 78.6 Å². The van der Waals surface area contributed by atoms with Gasteiger partial charge in [-0.2, -0.15) is 4.98 Å². The first-order valence-corrected chi connectivity index (χ1v) is 7.37. The molecule has 0 radical (unpaired) electrons. The Hall–Kier alpha value is -2.28. The Labute approximate surface area is 127 Å². The molecule has 7 nitrogen and oxygen atoms in total. The highest BCUT2D eigenvalue weighted by Gasteiger charge is 2.24. The van der Waals surface area contributed by atoms with E-state index in [0.29, 0.717) is 34.9 Å². The van der Waals surface area contributed by atoms with Crippen LogP contribution in [-0.4, -0.2) is 37.1 Å². The number of benzene rings is 1. The van der Waals surface area contributed by atoms with Crippen LogP contribution in [0.15, 0.2) is 16.7 Å². The number of hydrogen-bond donors (Lipinski definition) is 1. The lowest BCUT2D eigenvalue weighted by Crippen LogP contribution is -2.26. The second-order valence-corrected chi connectivity index (χ2v) is 5.39. The summed E-state index contributed by atoms with van der Waals surface area (Å²) in [7, 11) is 1.59. The summed E-state index contributed by atoms with van der Waals surface area (Å²) in [5.41, 5.74) is 0.796. The zero-order chi connectivity index (χ0) is 14.9. The molecule has 0 amide bonds. The van der Waals surface area contributed by atoms with E-state index in [1.54, 1.807) is 7.11 Å². The minimum atomic E-state index is 0.196. The van der Waals surface area contributed by atoms with Gasteiger partial charge in [0.15, 0.2) is 11.5 Å². The summed E-state index contributed by atoms with van der Waals surface area (Å²) in [6.45, 7) is 2.17. The van der Waals surface area contributed by atoms with Crippen LogP contribution >= 0.6 is 0 Å². The molecule has 2 aliphatic heterocycles. The molecule has 4 rings (SSSR count). The Balaban J connectivity index is 1.66. The maximum absolute atomic E-state index is 5.45. The highest BCUT2D eigenvalue weighted by atomic mass is 16.7. The van der Waals surface area contributed by atoms with E-state index in [-0.39, 0.29) is 6.79 Å². The highest BCUT2D eigenvalue weighted by molar-refractivity contribution is 5.67. The molecule has 1 N–H and O–H groups in total. The fraction of sp³-hybridized carbons (Fsp3) is 0.467. The van der Waals surface area contributed by atoms with E-state index < -0.39 is 0 Å². The molecular weight excluding hydrogens is 286 g/mol. The predicted octanol–water partition coefficient (Wildman–Crippen LogP) is 1.94. The molecule has 0 aliphatic carbocycles. The Morgan fingerprint density at radius 3 is 2.91 bits per heavy atom. The van der Waals surface area contributed by atoms with Crippen molar-refractivity contribution in [3.63, 3.8) is 0 Å². The van der Waals surface area contributed by atoms with Crippen molar-refractivity contribution in [2.24, 2.45) is 0 Å². The lowest BCUT2D eigenvalue weighted by atomic mass is 9.98. The van der Waals surface area contributed by atoms with Gasteiger partial charge in [0.25, 0.3) is 0 Å². The van der Waals surface area contributed by atoms with Crippen LogP contribution in [0.3, 0.4) is 0 Å². The van der Waals surface area contributed by atoms with Crippen LogP contribution in [0.2, 0.25) is 0 Å². The van der Waals surface area contributed by atoms with Crippen LogP contribution in [0, 0.1) is 0 Å². The van der Waals surface area contributed by atoms with Gasteiger partial charge >= 0.3 is 0 Å². The fourth-order valence-corrected chi connectivity index (χ4v) is 2.85. The summed E-state index contributed by atoms with van der Waals surface area (Å²) in [5, 5.41) is 7.43. The molecule has 0 spiro atoms. The summed E-state index contributed by atoms with van der Waals surface area (Å²) in [6.07, 6.45) is 2.04. The van der Waals surface area contributed by atoms with Gasteiger partial charge in [-0.25, -0.2) is 0 Å². The standard InChI is InChI=1S/C15H17N3O4/c1-19-11-6-10(7-12-13(11)21-8-20-12)14-17-15(22-18-14)9-2-4-16-5-3-9/h6-7,9,16H,2-5,8H2,1H3. The molecular formula is C15H17N3O4. The molecule has 2 aromatic rings. The van der Waals surface area contributed by atoms with E-state index in [4.69, 9.17) is 18.7 Å².